The first-order valence-electron chi connectivity index (χ1n) is 8.74. The van der Waals surface area contributed by atoms with E-state index in [9.17, 15) is 10.1 Å². The van der Waals surface area contributed by atoms with Crippen molar-refractivity contribution in [3.63, 3.8) is 0 Å². The molecule has 0 saturated heterocycles. The van der Waals surface area contributed by atoms with Gasteiger partial charge in [0.2, 0.25) is 11.6 Å². The van der Waals surface area contributed by atoms with E-state index in [1.807, 2.05) is 37.3 Å². The molecule has 0 aliphatic rings. The minimum Gasteiger partial charge on any atom is -0.334 e. The number of aromatic nitrogens is 2. The molecule has 0 bridgehead atoms. The Kier molecular flexibility index (Phi) is 5.75. The number of halogens is 1. The van der Waals surface area contributed by atoms with Gasteiger partial charge in [-0.25, -0.2) is 9.97 Å². The molecule has 0 radical (unpaired) electrons. The number of anilines is 4. The second kappa shape index (κ2) is 8.22. The fraction of sp³-hybridized carbons (Fsp3) is 0.200. The van der Waals surface area contributed by atoms with Crippen LogP contribution in [0, 0.1) is 17.0 Å². The standard InChI is InChI=1S/C20H20ClN5O2/c1-12(2)14-5-8-16(9-6-14)24-19-18(26(27)28)20(23-11-22-19)25-17-10-15(21)7-4-13(17)3/h4-12H,1-3H3,(H2,22,23,24,25). The number of nitrogens with one attached hydrogen (secondary N) is 2. The summed E-state index contributed by atoms with van der Waals surface area (Å²) < 4.78 is 0. The first kappa shape index (κ1) is 19.6. The van der Waals surface area contributed by atoms with Crippen molar-refractivity contribution >= 4 is 40.3 Å². The molecule has 3 aromatic rings. The average Bonchev–Trinajstić information content (AvgIpc) is 2.65. The van der Waals surface area contributed by atoms with Crippen LogP contribution in [0.4, 0.5) is 28.7 Å². The van der Waals surface area contributed by atoms with Crippen LogP contribution in [0.3, 0.4) is 0 Å². The molecule has 2 aromatic carbocycles. The van der Waals surface area contributed by atoms with Gasteiger partial charge in [-0.1, -0.05) is 43.6 Å². The van der Waals surface area contributed by atoms with Gasteiger partial charge in [-0.2, -0.15) is 0 Å². The molecule has 0 aliphatic heterocycles. The number of aryl methyl sites for hydroxylation is 1. The van der Waals surface area contributed by atoms with E-state index in [0.29, 0.717) is 22.3 Å². The fourth-order valence-corrected chi connectivity index (χ4v) is 2.85. The molecule has 28 heavy (non-hydrogen) atoms. The topological polar surface area (TPSA) is 93.0 Å². The van der Waals surface area contributed by atoms with Crippen LogP contribution in [-0.4, -0.2) is 14.9 Å². The second-order valence-corrected chi connectivity index (χ2v) is 7.10. The van der Waals surface area contributed by atoms with Gasteiger partial charge in [0.25, 0.3) is 0 Å². The molecule has 0 spiro atoms. The third-order valence-corrected chi connectivity index (χ3v) is 4.53. The van der Waals surface area contributed by atoms with Gasteiger partial charge in [0.1, 0.15) is 6.33 Å². The Morgan fingerprint density at radius 2 is 1.68 bits per heavy atom. The van der Waals surface area contributed by atoms with Crippen molar-refractivity contribution in [1.82, 2.24) is 9.97 Å². The lowest BCUT2D eigenvalue weighted by Crippen LogP contribution is -2.06. The summed E-state index contributed by atoms with van der Waals surface area (Å²) in [6, 6.07) is 13.0. The van der Waals surface area contributed by atoms with Crippen LogP contribution in [0.25, 0.3) is 0 Å². The van der Waals surface area contributed by atoms with Crippen LogP contribution in [0.2, 0.25) is 5.02 Å². The van der Waals surface area contributed by atoms with Gasteiger partial charge in [-0.3, -0.25) is 10.1 Å². The molecule has 144 valence electrons. The van der Waals surface area contributed by atoms with Gasteiger partial charge < -0.3 is 10.6 Å². The molecule has 1 heterocycles. The largest absolute Gasteiger partial charge is 0.353 e. The molecule has 0 saturated carbocycles. The van der Waals surface area contributed by atoms with Crippen molar-refractivity contribution < 1.29 is 4.92 Å². The molecule has 8 heteroatoms. The average molecular weight is 398 g/mol. The number of rotatable bonds is 6. The molecule has 0 aliphatic carbocycles. The van der Waals surface area contributed by atoms with E-state index in [0.717, 1.165) is 5.56 Å². The molecule has 0 atom stereocenters. The van der Waals surface area contributed by atoms with E-state index in [4.69, 9.17) is 11.6 Å². The summed E-state index contributed by atoms with van der Waals surface area (Å²) in [6.07, 6.45) is 1.28. The van der Waals surface area contributed by atoms with E-state index in [-0.39, 0.29) is 17.3 Å². The lowest BCUT2D eigenvalue weighted by atomic mass is 10.0. The Morgan fingerprint density at radius 1 is 1.04 bits per heavy atom. The highest BCUT2D eigenvalue weighted by molar-refractivity contribution is 6.30. The van der Waals surface area contributed by atoms with Crippen molar-refractivity contribution in [2.45, 2.75) is 26.7 Å². The number of hydrogen-bond donors (Lipinski definition) is 2. The summed E-state index contributed by atoms with van der Waals surface area (Å²) in [5.74, 6) is 0.602. The maximum atomic E-state index is 11.7. The van der Waals surface area contributed by atoms with Crippen molar-refractivity contribution in [2.24, 2.45) is 0 Å². The zero-order valence-electron chi connectivity index (χ0n) is 15.7. The highest BCUT2D eigenvalue weighted by Gasteiger charge is 2.23. The summed E-state index contributed by atoms with van der Waals surface area (Å²) in [7, 11) is 0. The monoisotopic (exact) mass is 397 g/mol. The zero-order valence-corrected chi connectivity index (χ0v) is 16.5. The number of nitrogens with zero attached hydrogens (tertiary/aromatic N) is 3. The van der Waals surface area contributed by atoms with Crippen LogP contribution in [0.5, 0.6) is 0 Å². The summed E-state index contributed by atoms with van der Waals surface area (Å²) in [4.78, 5) is 19.4. The highest BCUT2D eigenvalue weighted by Crippen LogP contribution is 2.34. The van der Waals surface area contributed by atoms with Crippen molar-refractivity contribution in [2.75, 3.05) is 10.6 Å². The molecule has 0 amide bonds. The lowest BCUT2D eigenvalue weighted by molar-refractivity contribution is -0.383. The van der Waals surface area contributed by atoms with Gasteiger partial charge in [-0.05, 0) is 48.2 Å². The Morgan fingerprint density at radius 3 is 2.29 bits per heavy atom. The van der Waals surface area contributed by atoms with Crippen LogP contribution >= 0.6 is 11.6 Å². The van der Waals surface area contributed by atoms with Gasteiger partial charge in [0, 0.05) is 16.4 Å². The van der Waals surface area contributed by atoms with Gasteiger partial charge in [0.15, 0.2) is 0 Å². The Hall–Kier alpha value is -3.19. The predicted octanol–water partition coefficient (Wildman–Crippen LogP) is 5.96. The lowest BCUT2D eigenvalue weighted by Gasteiger charge is -2.12. The van der Waals surface area contributed by atoms with E-state index < -0.39 is 4.92 Å². The molecular weight excluding hydrogens is 378 g/mol. The predicted molar refractivity (Wildman–Crippen MR) is 112 cm³/mol. The molecule has 3 rings (SSSR count). The normalized spacial score (nSPS) is 10.8. The summed E-state index contributed by atoms with van der Waals surface area (Å²) >= 11 is 6.04. The minimum absolute atomic E-state index is 0.0895. The maximum Gasteiger partial charge on any atom is 0.353 e. The molecule has 2 N–H and O–H groups in total. The maximum absolute atomic E-state index is 11.7. The SMILES string of the molecule is Cc1ccc(Cl)cc1Nc1ncnc(Nc2ccc(C(C)C)cc2)c1[N+](=O)[O-]. The van der Waals surface area contributed by atoms with Crippen molar-refractivity contribution in [1.29, 1.82) is 0 Å². The Bertz CT molecular complexity index is 1010. The van der Waals surface area contributed by atoms with Crippen LogP contribution in [0.15, 0.2) is 48.8 Å². The first-order valence-corrected chi connectivity index (χ1v) is 9.12. The Labute approximate surface area is 168 Å². The fourth-order valence-electron chi connectivity index (χ4n) is 2.68. The Balaban J connectivity index is 1.95. The summed E-state index contributed by atoms with van der Waals surface area (Å²) in [5, 5.41) is 18.3. The molecular formula is C20H20ClN5O2. The second-order valence-electron chi connectivity index (χ2n) is 6.66. The number of hydrogen-bond acceptors (Lipinski definition) is 6. The van der Waals surface area contributed by atoms with Crippen LogP contribution in [-0.2, 0) is 0 Å². The molecule has 0 fully saturated rings. The summed E-state index contributed by atoms with van der Waals surface area (Å²) in [5.41, 5.74) is 3.17. The quantitative estimate of drug-likeness (QED) is 0.394. The van der Waals surface area contributed by atoms with E-state index in [1.54, 1.807) is 12.1 Å². The van der Waals surface area contributed by atoms with Crippen molar-refractivity contribution in [3.8, 4) is 0 Å². The molecule has 1 aromatic heterocycles. The first-order chi connectivity index (χ1) is 13.3. The third-order valence-electron chi connectivity index (χ3n) is 4.30. The smallest absolute Gasteiger partial charge is 0.334 e. The van der Waals surface area contributed by atoms with E-state index in [2.05, 4.69) is 34.4 Å². The van der Waals surface area contributed by atoms with Gasteiger partial charge >= 0.3 is 5.69 Å². The van der Waals surface area contributed by atoms with Gasteiger partial charge in [-0.15, -0.1) is 0 Å². The molecule has 0 unspecified atom stereocenters. The number of nitro groups is 1. The van der Waals surface area contributed by atoms with E-state index in [1.165, 1.54) is 11.9 Å². The third kappa shape index (κ3) is 4.37. The number of benzene rings is 2. The zero-order chi connectivity index (χ0) is 20.3. The van der Waals surface area contributed by atoms with E-state index >= 15 is 0 Å². The van der Waals surface area contributed by atoms with Gasteiger partial charge in [0.05, 0.1) is 4.92 Å². The summed E-state index contributed by atoms with van der Waals surface area (Å²) in [6.45, 7) is 6.09. The molecule has 7 nitrogen and oxygen atoms in total. The minimum atomic E-state index is -0.507. The van der Waals surface area contributed by atoms with Crippen LogP contribution < -0.4 is 10.6 Å². The highest BCUT2D eigenvalue weighted by atomic mass is 35.5. The van der Waals surface area contributed by atoms with Crippen molar-refractivity contribution in [3.05, 3.63) is 75.1 Å². The van der Waals surface area contributed by atoms with Crippen LogP contribution in [0.1, 0.15) is 30.9 Å².